The molecule has 1 aliphatic rings. The summed E-state index contributed by atoms with van der Waals surface area (Å²) in [6.45, 7) is 7.18. The number of halogens is 2. The lowest BCUT2D eigenvalue weighted by Gasteiger charge is -2.34. The number of anilines is 1. The first-order valence-corrected chi connectivity index (χ1v) is 11.2. The Bertz CT molecular complexity index is 1100. The monoisotopic (exact) mass is 458 g/mol. The summed E-state index contributed by atoms with van der Waals surface area (Å²) in [5.74, 6) is 0.394. The number of ether oxygens (including phenoxy) is 1. The zero-order chi connectivity index (χ0) is 22.9. The number of para-hydroxylation sites is 2. The topological polar surface area (TPSA) is 59.4 Å². The van der Waals surface area contributed by atoms with Crippen molar-refractivity contribution >= 4 is 34.7 Å². The van der Waals surface area contributed by atoms with Gasteiger partial charge in [-0.2, -0.15) is 0 Å². The molecule has 0 spiro atoms. The molecule has 170 valence electrons. The molecule has 1 saturated heterocycles. The van der Waals surface area contributed by atoms with Gasteiger partial charge >= 0.3 is 6.09 Å². The number of carbonyl (C=O) groups is 1. The van der Waals surface area contributed by atoms with E-state index < -0.39 is 11.7 Å². The number of hydrogen-bond acceptors (Lipinski definition) is 4. The minimum absolute atomic E-state index is 0.0658. The molecular formula is C24H28ClFN4O2. The van der Waals surface area contributed by atoms with Crippen LogP contribution in [0, 0.1) is 5.82 Å². The van der Waals surface area contributed by atoms with Gasteiger partial charge in [0.15, 0.2) is 0 Å². The Labute approximate surface area is 192 Å². The summed E-state index contributed by atoms with van der Waals surface area (Å²) < 4.78 is 22.0. The molecule has 2 aromatic carbocycles. The van der Waals surface area contributed by atoms with Crippen LogP contribution in [0.1, 0.15) is 39.2 Å². The average molecular weight is 459 g/mol. The van der Waals surface area contributed by atoms with E-state index in [2.05, 4.69) is 10.2 Å². The molecule has 1 aliphatic heterocycles. The molecule has 2 heterocycles. The maximum Gasteiger partial charge on any atom is 0.407 e. The highest BCUT2D eigenvalue weighted by molar-refractivity contribution is 6.31. The highest BCUT2D eigenvalue weighted by Gasteiger charge is 2.27. The van der Waals surface area contributed by atoms with Crippen LogP contribution in [0.4, 0.5) is 15.1 Å². The first-order chi connectivity index (χ1) is 15.2. The van der Waals surface area contributed by atoms with Crippen molar-refractivity contribution < 1.29 is 13.9 Å². The second-order valence-electron chi connectivity index (χ2n) is 9.12. The summed E-state index contributed by atoms with van der Waals surface area (Å²) >= 11 is 6.32. The number of carbonyl (C=O) groups excluding carboxylic acids is 1. The molecule has 0 unspecified atom stereocenters. The van der Waals surface area contributed by atoms with Gasteiger partial charge in [0.25, 0.3) is 0 Å². The van der Waals surface area contributed by atoms with E-state index >= 15 is 0 Å². The molecule has 0 radical (unpaired) electrons. The molecule has 0 aliphatic carbocycles. The van der Waals surface area contributed by atoms with Crippen molar-refractivity contribution in [2.75, 3.05) is 18.0 Å². The van der Waals surface area contributed by atoms with Crippen LogP contribution in [0.15, 0.2) is 42.5 Å². The SMILES string of the molecule is CC(C)(C)OC(=O)N[C@@H]1CCCN(c2nc3ccccc3n2Cc2c(F)cccc2Cl)C1. The summed E-state index contributed by atoms with van der Waals surface area (Å²) in [4.78, 5) is 19.2. The fraction of sp³-hybridized carbons (Fsp3) is 0.417. The number of rotatable bonds is 4. The summed E-state index contributed by atoms with van der Waals surface area (Å²) in [5.41, 5.74) is 1.62. The van der Waals surface area contributed by atoms with E-state index in [1.807, 2.05) is 49.6 Å². The summed E-state index contributed by atoms with van der Waals surface area (Å²) in [5, 5.41) is 3.36. The van der Waals surface area contributed by atoms with E-state index in [9.17, 15) is 9.18 Å². The van der Waals surface area contributed by atoms with Gasteiger partial charge < -0.3 is 19.5 Å². The molecule has 0 bridgehead atoms. The fourth-order valence-electron chi connectivity index (χ4n) is 4.05. The summed E-state index contributed by atoms with van der Waals surface area (Å²) in [6, 6.07) is 12.4. The molecule has 32 heavy (non-hydrogen) atoms. The lowest BCUT2D eigenvalue weighted by molar-refractivity contribution is 0.0500. The Morgan fingerprint density at radius 2 is 2.03 bits per heavy atom. The van der Waals surface area contributed by atoms with Gasteiger partial charge in [-0.3, -0.25) is 0 Å². The minimum atomic E-state index is -0.550. The van der Waals surface area contributed by atoms with E-state index in [1.165, 1.54) is 6.07 Å². The van der Waals surface area contributed by atoms with Gasteiger partial charge in [0.1, 0.15) is 11.4 Å². The van der Waals surface area contributed by atoms with E-state index in [0.717, 1.165) is 36.4 Å². The quantitative estimate of drug-likeness (QED) is 0.571. The second-order valence-corrected chi connectivity index (χ2v) is 9.53. The molecule has 3 aromatic rings. The normalized spacial score (nSPS) is 16.9. The van der Waals surface area contributed by atoms with Crippen LogP contribution < -0.4 is 10.2 Å². The standard InChI is InChI=1S/C24H28ClFN4O2/c1-24(2,3)32-23(31)27-16-8-7-13-29(14-16)22-28-20-11-4-5-12-21(20)30(22)15-17-18(25)9-6-10-19(17)26/h4-6,9-12,16H,7-8,13-15H2,1-3H3,(H,27,31)/t16-/m1/s1. The van der Waals surface area contributed by atoms with Crippen molar-refractivity contribution in [3.63, 3.8) is 0 Å². The molecule has 0 saturated carbocycles. The van der Waals surface area contributed by atoms with Gasteiger partial charge in [0, 0.05) is 29.7 Å². The maximum atomic E-state index is 14.6. The van der Waals surface area contributed by atoms with Crippen LogP contribution in [0.25, 0.3) is 11.0 Å². The number of piperidine rings is 1. The minimum Gasteiger partial charge on any atom is -0.444 e. The Kier molecular flexibility index (Phi) is 6.29. The number of amides is 1. The zero-order valence-corrected chi connectivity index (χ0v) is 19.3. The van der Waals surface area contributed by atoms with Crippen LogP contribution in [0.3, 0.4) is 0 Å². The van der Waals surface area contributed by atoms with Gasteiger partial charge in [0.2, 0.25) is 5.95 Å². The lowest BCUT2D eigenvalue weighted by Crippen LogP contribution is -2.49. The van der Waals surface area contributed by atoms with Gasteiger partial charge in [-0.1, -0.05) is 29.8 Å². The number of nitrogens with one attached hydrogen (secondary N) is 1. The molecule has 6 nitrogen and oxygen atoms in total. The number of nitrogens with zero attached hydrogens (tertiary/aromatic N) is 3. The van der Waals surface area contributed by atoms with Gasteiger partial charge in [-0.25, -0.2) is 14.2 Å². The van der Waals surface area contributed by atoms with E-state index in [0.29, 0.717) is 17.1 Å². The van der Waals surface area contributed by atoms with E-state index in [4.69, 9.17) is 21.3 Å². The number of fused-ring (bicyclic) bond motifs is 1. The molecule has 8 heteroatoms. The van der Waals surface area contributed by atoms with Crippen molar-refractivity contribution in [3.8, 4) is 0 Å². The maximum absolute atomic E-state index is 14.6. The van der Waals surface area contributed by atoms with Gasteiger partial charge in [-0.15, -0.1) is 0 Å². The predicted molar refractivity (Wildman–Crippen MR) is 125 cm³/mol. The average Bonchev–Trinajstić information content (AvgIpc) is 3.08. The Balaban J connectivity index is 1.62. The number of hydrogen-bond donors (Lipinski definition) is 1. The Morgan fingerprint density at radius 1 is 1.25 bits per heavy atom. The third-order valence-electron chi connectivity index (χ3n) is 5.44. The molecule has 1 aromatic heterocycles. The van der Waals surface area contributed by atoms with Crippen LogP contribution in [0.2, 0.25) is 5.02 Å². The van der Waals surface area contributed by atoms with Crippen molar-refractivity contribution in [2.24, 2.45) is 0 Å². The van der Waals surface area contributed by atoms with Crippen LogP contribution >= 0.6 is 11.6 Å². The Hall–Kier alpha value is -2.80. The molecule has 4 rings (SSSR count). The first kappa shape index (κ1) is 22.4. The number of aromatic nitrogens is 2. The third-order valence-corrected chi connectivity index (χ3v) is 5.79. The smallest absolute Gasteiger partial charge is 0.407 e. The van der Waals surface area contributed by atoms with Crippen molar-refractivity contribution in [3.05, 3.63) is 58.9 Å². The lowest BCUT2D eigenvalue weighted by atomic mass is 10.1. The van der Waals surface area contributed by atoms with Crippen LogP contribution in [-0.2, 0) is 11.3 Å². The fourth-order valence-corrected chi connectivity index (χ4v) is 4.28. The van der Waals surface area contributed by atoms with Crippen molar-refractivity contribution in [1.29, 1.82) is 0 Å². The van der Waals surface area contributed by atoms with Gasteiger partial charge in [-0.05, 0) is 57.9 Å². The predicted octanol–water partition coefficient (Wildman–Crippen LogP) is 5.37. The molecule has 1 N–H and O–H groups in total. The largest absolute Gasteiger partial charge is 0.444 e. The summed E-state index contributed by atoms with van der Waals surface area (Å²) in [6.07, 6.45) is 1.33. The van der Waals surface area contributed by atoms with Gasteiger partial charge in [0.05, 0.1) is 17.6 Å². The molecular weight excluding hydrogens is 431 g/mol. The van der Waals surface area contributed by atoms with Crippen LogP contribution in [-0.4, -0.2) is 40.4 Å². The Morgan fingerprint density at radius 3 is 2.78 bits per heavy atom. The van der Waals surface area contributed by atoms with E-state index in [1.54, 1.807) is 12.1 Å². The highest BCUT2D eigenvalue weighted by Crippen LogP contribution is 2.29. The molecule has 1 fully saturated rings. The zero-order valence-electron chi connectivity index (χ0n) is 18.6. The highest BCUT2D eigenvalue weighted by atomic mass is 35.5. The third kappa shape index (κ3) is 4.99. The summed E-state index contributed by atoms with van der Waals surface area (Å²) in [7, 11) is 0. The van der Waals surface area contributed by atoms with Crippen LogP contribution in [0.5, 0.6) is 0 Å². The number of alkyl carbamates (subject to hydrolysis) is 1. The number of benzene rings is 2. The van der Waals surface area contributed by atoms with Crippen molar-refractivity contribution in [2.45, 2.75) is 51.8 Å². The second kappa shape index (κ2) is 8.98. The number of imidazole rings is 1. The van der Waals surface area contributed by atoms with E-state index in [-0.39, 0.29) is 18.4 Å². The molecule has 1 atom stereocenters. The molecule has 1 amide bonds. The first-order valence-electron chi connectivity index (χ1n) is 10.8. The van der Waals surface area contributed by atoms with Crippen molar-refractivity contribution in [1.82, 2.24) is 14.9 Å².